The predicted molar refractivity (Wildman–Crippen MR) is 167 cm³/mol. The summed E-state index contributed by atoms with van der Waals surface area (Å²) >= 11 is 0. The van der Waals surface area contributed by atoms with Gasteiger partial charge in [-0.05, 0) is 37.1 Å². The summed E-state index contributed by atoms with van der Waals surface area (Å²) < 4.78 is 38.7. The predicted octanol–water partition coefficient (Wildman–Crippen LogP) is 4.49. The fourth-order valence-electron chi connectivity index (χ4n) is 3.87. The van der Waals surface area contributed by atoms with E-state index in [0.29, 0.717) is 24.0 Å². The highest BCUT2D eigenvalue weighted by Gasteiger charge is 2.30. The Balaban J connectivity index is 0.000000447. The van der Waals surface area contributed by atoms with Gasteiger partial charge in [0.15, 0.2) is 0 Å². The zero-order chi connectivity index (χ0) is 33.1. The Morgan fingerprint density at radius 2 is 1.18 bits per heavy atom. The van der Waals surface area contributed by atoms with E-state index in [2.05, 4.69) is 20.0 Å². The molecule has 0 aliphatic heterocycles. The first kappa shape index (κ1) is 38.2. The number of nitrogens with zero attached hydrogens (tertiary/aromatic N) is 2. The smallest absolute Gasteiger partial charge is 0.338 e. The van der Waals surface area contributed by atoms with Crippen molar-refractivity contribution in [1.29, 1.82) is 0 Å². The number of carbonyl (C=O) groups excluding carboxylic acids is 2. The van der Waals surface area contributed by atoms with Crippen molar-refractivity contribution in [1.82, 2.24) is 0 Å². The molecule has 0 unspecified atom stereocenters. The molecule has 0 radical (unpaired) electrons. The van der Waals surface area contributed by atoms with Gasteiger partial charge in [0.1, 0.15) is 26.4 Å². The lowest BCUT2D eigenvalue weighted by molar-refractivity contribution is 0.00916. The fraction of sp³-hybridized carbons (Fsp3) is 0.484. The monoisotopic (exact) mass is 636 g/mol. The van der Waals surface area contributed by atoms with Crippen LogP contribution >= 0.6 is 0 Å². The molecule has 0 spiro atoms. The van der Waals surface area contributed by atoms with Crippen molar-refractivity contribution >= 4 is 34.5 Å². The molecule has 0 amide bonds. The molecular formula is C31H44N2O10S. The van der Waals surface area contributed by atoms with Crippen molar-refractivity contribution in [2.45, 2.75) is 65.0 Å². The quantitative estimate of drug-likeness (QED) is 0.120. The third-order valence-electron chi connectivity index (χ3n) is 6.48. The maximum atomic E-state index is 12.2. The van der Waals surface area contributed by atoms with Crippen molar-refractivity contribution in [2.24, 2.45) is 22.1 Å². The Hall–Kier alpha value is -3.81. The van der Waals surface area contributed by atoms with Crippen molar-refractivity contribution in [3.05, 3.63) is 71.8 Å². The zero-order valence-corrected chi connectivity index (χ0v) is 27.0. The van der Waals surface area contributed by atoms with Crippen molar-refractivity contribution < 1.29 is 46.4 Å². The Bertz CT molecular complexity index is 1270. The molecule has 0 aliphatic carbocycles. The fourth-order valence-corrected chi connectivity index (χ4v) is 4.64. The maximum absolute atomic E-state index is 12.2. The highest BCUT2D eigenvalue weighted by molar-refractivity contribution is 7.86. The minimum Gasteiger partial charge on any atom is -0.452 e. The molecule has 0 saturated heterocycles. The van der Waals surface area contributed by atoms with Gasteiger partial charge in [-0.2, -0.15) is 8.42 Å². The van der Waals surface area contributed by atoms with E-state index in [0.717, 1.165) is 6.26 Å². The summed E-state index contributed by atoms with van der Waals surface area (Å²) in [5.41, 5.74) is 0.846. The SMILES string of the molecule is CC[C@@H](O)[C@@H](C)[C@H](C=NOC)OC(=O)c1ccccc1.CC[C@@H](OS(C)(=O)=O)[C@@H](C)[C@H](C=NOC)OC(=O)c1ccccc1. The largest absolute Gasteiger partial charge is 0.452 e. The Kier molecular flexibility index (Phi) is 17.5. The summed E-state index contributed by atoms with van der Waals surface area (Å²) in [6.07, 6.45) is 2.02. The number of rotatable bonds is 16. The third-order valence-corrected chi connectivity index (χ3v) is 7.08. The molecule has 0 aromatic heterocycles. The number of hydrogen-bond donors (Lipinski definition) is 1. The Morgan fingerprint density at radius 3 is 1.52 bits per heavy atom. The molecule has 2 aromatic carbocycles. The number of aliphatic hydroxyl groups is 1. The zero-order valence-electron chi connectivity index (χ0n) is 26.2. The van der Waals surface area contributed by atoms with Crippen molar-refractivity contribution in [2.75, 3.05) is 20.5 Å². The van der Waals surface area contributed by atoms with Gasteiger partial charge in [-0.25, -0.2) is 9.59 Å². The normalized spacial score (nSPS) is 15.6. The highest BCUT2D eigenvalue weighted by atomic mass is 32.2. The van der Waals surface area contributed by atoms with Gasteiger partial charge in [0, 0.05) is 11.8 Å². The lowest BCUT2D eigenvalue weighted by atomic mass is 9.97. The first-order chi connectivity index (χ1) is 20.9. The van der Waals surface area contributed by atoms with Crippen LogP contribution in [0.25, 0.3) is 0 Å². The van der Waals surface area contributed by atoms with E-state index < -0.39 is 52.4 Å². The average Bonchev–Trinajstić information content (AvgIpc) is 3.03. The number of aliphatic hydroxyl groups excluding tert-OH is 1. The summed E-state index contributed by atoms with van der Waals surface area (Å²) in [6.45, 7) is 7.18. The van der Waals surface area contributed by atoms with E-state index in [1.165, 1.54) is 26.6 Å². The second-order valence-electron chi connectivity index (χ2n) is 9.79. The molecule has 12 nitrogen and oxygen atoms in total. The molecule has 2 aromatic rings. The topological polar surface area (TPSA) is 159 Å². The summed E-state index contributed by atoms with van der Waals surface area (Å²) in [6, 6.07) is 17.2. The van der Waals surface area contributed by atoms with E-state index in [4.69, 9.17) is 13.7 Å². The molecule has 0 fully saturated rings. The molecule has 0 bridgehead atoms. The van der Waals surface area contributed by atoms with Crippen LogP contribution in [0.4, 0.5) is 0 Å². The average molecular weight is 637 g/mol. The summed E-state index contributed by atoms with van der Waals surface area (Å²) in [4.78, 5) is 33.5. The van der Waals surface area contributed by atoms with E-state index in [-0.39, 0.29) is 5.92 Å². The van der Waals surface area contributed by atoms with Crippen LogP contribution in [0.1, 0.15) is 61.3 Å². The Labute approximate surface area is 260 Å². The number of benzene rings is 2. The molecular weight excluding hydrogens is 592 g/mol. The second-order valence-corrected chi connectivity index (χ2v) is 11.4. The molecule has 0 heterocycles. The van der Waals surface area contributed by atoms with Crippen LogP contribution in [0, 0.1) is 11.8 Å². The minimum absolute atomic E-state index is 0.272. The lowest BCUT2D eigenvalue weighted by Crippen LogP contribution is -2.37. The van der Waals surface area contributed by atoms with Crippen LogP contribution in [0.5, 0.6) is 0 Å². The molecule has 2 rings (SSSR count). The molecule has 1 N–H and O–H groups in total. The van der Waals surface area contributed by atoms with Gasteiger partial charge >= 0.3 is 11.9 Å². The van der Waals surface area contributed by atoms with E-state index >= 15 is 0 Å². The summed E-state index contributed by atoms with van der Waals surface area (Å²) in [7, 11) is -0.858. The van der Waals surface area contributed by atoms with Crippen LogP contribution in [-0.2, 0) is 33.5 Å². The molecule has 244 valence electrons. The van der Waals surface area contributed by atoms with Crippen LogP contribution in [0.15, 0.2) is 71.0 Å². The van der Waals surface area contributed by atoms with E-state index in [9.17, 15) is 23.1 Å². The van der Waals surface area contributed by atoms with Crippen LogP contribution < -0.4 is 0 Å². The van der Waals surface area contributed by atoms with Crippen molar-refractivity contribution in [3.8, 4) is 0 Å². The number of ether oxygens (including phenoxy) is 2. The van der Waals surface area contributed by atoms with Crippen LogP contribution in [0.3, 0.4) is 0 Å². The molecule has 0 aliphatic rings. The van der Waals surface area contributed by atoms with Crippen LogP contribution in [-0.4, -0.2) is 82.8 Å². The minimum atomic E-state index is -3.63. The van der Waals surface area contributed by atoms with Gasteiger partial charge in [0.2, 0.25) is 0 Å². The second kappa shape index (κ2) is 20.2. The van der Waals surface area contributed by atoms with Gasteiger partial charge in [-0.15, -0.1) is 0 Å². The third kappa shape index (κ3) is 14.1. The standard InChI is InChI=1S/C16H23NO6S.C15H21NO4/c1-5-14(23-24(4,19)20)12(2)15(11-17-21-3)22-16(18)13-9-7-6-8-10-13;1-4-13(17)11(2)14(10-16-19-3)20-15(18)12-8-6-5-7-9-12/h6-12,14-15H,5H2,1-4H3;5-11,13-14,17H,4H2,1-3H3/t12-,14-,15+;11-,13-,14+/m11/s1. The van der Waals surface area contributed by atoms with Gasteiger partial charge in [-0.1, -0.05) is 74.4 Å². The van der Waals surface area contributed by atoms with Crippen LogP contribution in [0.2, 0.25) is 0 Å². The Morgan fingerprint density at radius 1 is 0.773 bits per heavy atom. The molecule has 13 heteroatoms. The van der Waals surface area contributed by atoms with Gasteiger partial charge in [0.05, 0.1) is 42.0 Å². The number of oxime groups is 2. The number of hydrogen-bond acceptors (Lipinski definition) is 12. The molecule has 0 saturated carbocycles. The first-order valence-corrected chi connectivity index (χ1v) is 15.9. The first-order valence-electron chi connectivity index (χ1n) is 14.1. The molecule has 6 atom stereocenters. The maximum Gasteiger partial charge on any atom is 0.338 e. The van der Waals surface area contributed by atoms with E-state index in [1.54, 1.807) is 75.4 Å². The van der Waals surface area contributed by atoms with Gasteiger partial charge < -0.3 is 24.3 Å². The van der Waals surface area contributed by atoms with Crippen molar-refractivity contribution in [3.63, 3.8) is 0 Å². The van der Waals surface area contributed by atoms with Gasteiger partial charge in [0.25, 0.3) is 10.1 Å². The highest BCUT2D eigenvalue weighted by Crippen LogP contribution is 2.20. The van der Waals surface area contributed by atoms with E-state index in [1.807, 2.05) is 13.0 Å². The summed E-state index contributed by atoms with van der Waals surface area (Å²) in [5.74, 6) is -1.71. The van der Waals surface area contributed by atoms with Gasteiger partial charge in [-0.3, -0.25) is 4.18 Å². The molecule has 44 heavy (non-hydrogen) atoms. The number of esters is 2. The lowest BCUT2D eigenvalue weighted by Gasteiger charge is -2.27. The summed E-state index contributed by atoms with van der Waals surface area (Å²) in [5, 5.41) is 17.2. The number of carbonyl (C=O) groups is 2.